The van der Waals surface area contributed by atoms with E-state index in [0.717, 1.165) is 25.9 Å². The van der Waals surface area contributed by atoms with Crippen LogP contribution < -0.4 is 10.2 Å². The fourth-order valence-corrected chi connectivity index (χ4v) is 4.08. The quantitative estimate of drug-likeness (QED) is 0.746. The molecule has 2 aromatic rings. The van der Waals surface area contributed by atoms with Crippen LogP contribution in [0.3, 0.4) is 0 Å². The Morgan fingerprint density at radius 1 is 0.815 bits per heavy atom. The lowest BCUT2D eigenvalue weighted by Gasteiger charge is -2.21. The molecular weight excluding hydrogens is 340 g/mol. The summed E-state index contributed by atoms with van der Waals surface area (Å²) < 4.78 is 0. The number of quaternary nitrogens is 1. The molecule has 0 spiro atoms. The Hall–Kier alpha value is -2.79. The Balaban J connectivity index is 1.59. The Bertz CT molecular complexity index is 912. The van der Waals surface area contributed by atoms with Gasteiger partial charge < -0.3 is 10.2 Å². The highest BCUT2D eigenvalue weighted by Gasteiger charge is 2.31. The number of likely N-dealkylation sites (tertiary alicyclic amines) is 1. The number of hydrogen-bond donors (Lipinski definition) is 2. The minimum Gasteiger partial charge on any atom is -0.327 e. The Labute approximate surface area is 158 Å². The van der Waals surface area contributed by atoms with Gasteiger partial charge in [-0.05, 0) is 31.7 Å². The first-order chi connectivity index (χ1) is 13.1. The molecule has 2 aromatic carbocycles. The summed E-state index contributed by atoms with van der Waals surface area (Å²) in [6.45, 7) is 2.40. The van der Waals surface area contributed by atoms with Crippen LogP contribution in [-0.2, 0) is 4.79 Å². The second-order valence-electron chi connectivity index (χ2n) is 7.32. The van der Waals surface area contributed by atoms with Crippen molar-refractivity contribution >= 4 is 23.2 Å². The zero-order valence-corrected chi connectivity index (χ0v) is 15.2. The van der Waals surface area contributed by atoms with E-state index in [1.54, 1.807) is 42.5 Å². The van der Waals surface area contributed by atoms with E-state index in [1.165, 1.54) is 17.7 Å². The molecule has 1 fully saturated rings. The lowest BCUT2D eigenvalue weighted by molar-refractivity contribution is -0.890. The van der Waals surface area contributed by atoms with Crippen molar-refractivity contribution in [2.75, 3.05) is 25.0 Å². The van der Waals surface area contributed by atoms with E-state index in [0.29, 0.717) is 34.5 Å². The van der Waals surface area contributed by atoms with Crippen molar-refractivity contribution in [1.29, 1.82) is 0 Å². The number of nitrogens with one attached hydrogen (secondary N) is 2. The van der Waals surface area contributed by atoms with Crippen molar-refractivity contribution < 1.29 is 19.3 Å². The molecule has 27 heavy (non-hydrogen) atoms. The summed E-state index contributed by atoms with van der Waals surface area (Å²) in [5.41, 5.74) is 1.92. The highest BCUT2D eigenvalue weighted by Crippen LogP contribution is 2.31. The van der Waals surface area contributed by atoms with Crippen molar-refractivity contribution in [2.45, 2.75) is 25.7 Å². The van der Waals surface area contributed by atoms with Gasteiger partial charge in [-0.25, -0.2) is 0 Å². The van der Waals surface area contributed by atoms with E-state index >= 15 is 0 Å². The molecule has 1 amide bonds. The zero-order chi connectivity index (χ0) is 18.8. The molecule has 0 radical (unpaired) electrons. The molecule has 5 nitrogen and oxygen atoms in total. The van der Waals surface area contributed by atoms with Gasteiger partial charge in [0.2, 0.25) is 0 Å². The largest absolute Gasteiger partial charge is 0.327 e. The number of amides is 1. The fraction of sp³-hybridized carbons (Fsp3) is 0.318. The van der Waals surface area contributed by atoms with Crippen LogP contribution in [0.2, 0.25) is 0 Å². The second-order valence-corrected chi connectivity index (χ2v) is 7.32. The lowest BCUT2D eigenvalue weighted by Crippen LogP contribution is -3.12. The smallest absolute Gasteiger partial charge is 0.279 e. The Kier molecular flexibility index (Phi) is 4.86. The number of anilines is 1. The number of benzene rings is 2. The van der Waals surface area contributed by atoms with Crippen LogP contribution >= 0.6 is 0 Å². The molecule has 0 saturated carbocycles. The van der Waals surface area contributed by atoms with E-state index in [2.05, 4.69) is 5.32 Å². The highest BCUT2D eigenvalue weighted by molar-refractivity contribution is 6.30. The van der Waals surface area contributed by atoms with Crippen LogP contribution in [0.1, 0.15) is 57.5 Å². The van der Waals surface area contributed by atoms with Gasteiger partial charge in [0, 0.05) is 16.7 Å². The topological polar surface area (TPSA) is 67.7 Å². The molecule has 0 bridgehead atoms. The first-order valence-electron chi connectivity index (χ1n) is 9.60. The van der Waals surface area contributed by atoms with Crippen LogP contribution in [0.5, 0.6) is 0 Å². The molecule has 0 unspecified atom stereocenters. The maximum atomic E-state index is 13.0. The standard InChI is InChI=1S/C22H22N2O3/c25-19(14-24-12-5-1-2-6-13-24)23-18-11-7-10-17-20(18)22(27)16-9-4-3-8-15(16)21(17)26/h3-4,7-11H,1-2,5-6,12-14H2,(H,23,25)/p+1. The molecule has 0 atom stereocenters. The number of hydrogen-bond acceptors (Lipinski definition) is 3. The van der Waals surface area contributed by atoms with E-state index in [-0.39, 0.29) is 17.5 Å². The molecule has 1 aliphatic heterocycles. The SMILES string of the molecule is O=C(C[NH+]1CCCCCC1)Nc1cccc2c1C(=O)c1ccccc1C2=O. The molecule has 138 valence electrons. The summed E-state index contributed by atoms with van der Waals surface area (Å²) in [7, 11) is 0. The van der Waals surface area contributed by atoms with Gasteiger partial charge in [0.1, 0.15) is 0 Å². The summed E-state index contributed by atoms with van der Waals surface area (Å²) in [5, 5.41) is 2.89. The van der Waals surface area contributed by atoms with Crippen LogP contribution in [0, 0.1) is 0 Å². The second kappa shape index (κ2) is 7.45. The van der Waals surface area contributed by atoms with Crippen LogP contribution in [0.25, 0.3) is 0 Å². The van der Waals surface area contributed by atoms with E-state index in [4.69, 9.17) is 0 Å². The van der Waals surface area contributed by atoms with Gasteiger partial charge in [0.25, 0.3) is 5.91 Å². The van der Waals surface area contributed by atoms with Crippen LogP contribution in [0.4, 0.5) is 5.69 Å². The molecule has 1 heterocycles. The Morgan fingerprint density at radius 3 is 2.15 bits per heavy atom. The van der Waals surface area contributed by atoms with Crippen molar-refractivity contribution in [1.82, 2.24) is 0 Å². The van der Waals surface area contributed by atoms with Gasteiger partial charge in [-0.1, -0.05) is 36.4 Å². The number of ketones is 2. The number of carbonyl (C=O) groups is 3. The van der Waals surface area contributed by atoms with E-state index in [9.17, 15) is 14.4 Å². The molecule has 1 aliphatic carbocycles. The first kappa shape index (κ1) is 17.6. The minimum atomic E-state index is -0.210. The van der Waals surface area contributed by atoms with Gasteiger partial charge >= 0.3 is 0 Å². The van der Waals surface area contributed by atoms with Gasteiger partial charge in [-0.3, -0.25) is 14.4 Å². The highest BCUT2D eigenvalue weighted by atomic mass is 16.2. The van der Waals surface area contributed by atoms with E-state index in [1.807, 2.05) is 0 Å². The van der Waals surface area contributed by atoms with Gasteiger partial charge in [0.15, 0.2) is 18.1 Å². The average Bonchev–Trinajstić information content (AvgIpc) is 2.94. The van der Waals surface area contributed by atoms with Crippen molar-refractivity contribution in [3.63, 3.8) is 0 Å². The van der Waals surface area contributed by atoms with Gasteiger partial charge in [-0.15, -0.1) is 0 Å². The maximum absolute atomic E-state index is 13.0. The monoisotopic (exact) mass is 363 g/mol. The minimum absolute atomic E-state index is 0.112. The van der Waals surface area contributed by atoms with Crippen molar-refractivity contribution in [3.05, 3.63) is 64.7 Å². The Morgan fingerprint density at radius 2 is 1.44 bits per heavy atom. The molecule has 2 N–H and O–H groups in total. The molecule has 1 saturated heterocycles. The summed E-state index contributed by atoms with van der Waals surface area (Å²) >= 11 is 0. The van der Waals surface area contributed by atoms with Gasteiger partial charge in [-0.2, -0.15) is 0 Å². The summed E-state index contributed by atoms with van der Waals surface area (Å²) in [6, 6.07) is 11.9. The lowest BCUT2D eigenvalue weighted by atomic mass is 9.83. The molecule has 5 heteroatoms. The summed E-state index contributed by atoms with van der Waals surface area (Å²) in [4.78, 5) is 39.6. The van der Waals surface area contributed by atoms with E-state index < -0.39 is 0 Å². The normalized spacial score (nSPS) is 17.0. The fourth-order valence-electron chi connectivity index (χ4n) is 4.08. The van der Waals surface area contributed by atoms with Crippen molar-refractivity contribution in [3.8, 4) is 0 Å². The third-order valence-corrected chi connectivity index (χ3v) is 5.45. The summed E-state index contributed by atoms with van der Waals surface area (Å²) in [6.07, 6.45) is 4.75. The number of rotatable bonds is 3. The van der Waals surface area contributed by atoms with Gasteiger partial charge in [0.05, 0.1) is 24.3 Å². The predicted molar refractivity (Wildman–Crippen MR) is 102 cm³/mol. The molecule has 0 aromatic heterocycles. The summed E-state index contributed by atoms with van der Waals surface area (Å²) in [5.74, 6) is -0.493. The number of carbonyl (C=O) groups excluding carboxylic acids is 3. The molecule has 4 rings (SSSR count). The average molecular weight is 363 g/mol. The van der Waals surface area contributed by atoms with Crippen LogP contribution in [0.15, 0.2) is 42.5 Å². The third-order valence-electron chi connectivity index (χ3n) is 5.45. The molecule has 2 aliphatic rings. The molecular formula is C22H23N2O3+. The van der Waals surface area contributed by atoms with Crippen LogP contribution in [-0.4, -0.2) is 37.1 Å². The number of fused-ring (bicyclic) bond motifs is 2. The zero-order valence-electron chi connectivity index (χ0n) is 15.2. The maximum Gasteiger partial charge on any atom is 0.279 e. The third kappa shape index (κ3) is 3.43. The first-order valence-corrected chi connectivity index (χ1v) is 9.60. The predicted octanol–water partition coefficient (Wildman–Crippen LogP) is 1.86. The van der Waals surface area contributed by atoms with Crippen molar-refractivity contribution in [2.24, 2.45) is 0 Å².